The van der Waals surface area contributed by atoms with Crippen molar-refractivity contribution in [2.24, 2.45) is 5.73 Å². The Labute approximate surface area is 206 Å². The summed E-state index contributed by atoms with van der Waals surface area (Å²) in [5.41, 5.74) is 9.64. The number of primary amides is 1. The predicted molar refractivity (Wildman–Crippen MR) is 132 cm³/mol. The molecule has 0 unspecified atom stereocenters. The van der Waals surface area contributed by atoms with Crippen LogP contribution in [0.1, 0.15) is 32.0 Å². The van der Waals surface area contributed by atoms with Gasteiger partial charge in [-0.1, -0.05) is 18.2 Å². The van der Waals surface area contributed by atoms with Crippen LogP contribution in [0.2, 0.25) is 0 Å². The molecule has 2 amide bonds. The predicted octanol–water partition coefficient (Wildman–Crippen LogP) is 3.53. The van der Waals surface area contributed by atoms with Crippen molar-refractivity contribution < 1.29 is 22.4 Å². The molecule has 0 spiro atoms. The van der Waals surface area contributed by atoms with E-state index in [0.717, 1.165) is 17.4 Å². The van der Waals surface area contributed by atoms with Crippen molar-refractivity contribution in [1.82, 2.24) is 9.78 Å². The summed E-state index contributed by atoms with van der Waals surface area (Å²) in [7, 11) is -3.39. The number of aryl methyl sites for hydroxylation is 1. The SMILES string of the molecule is CS(=O)(=O)c1ccc(-n2nc(C(N)=O)c3c2-c2cc(NC(=O)c4ccccc4F)ccc2CC3)cc1. The molecule has 1 aromatic heterocycles. The highest BCUT2D eigenvalue weighted by Gasteiger charge is 2.28. The number of fused-ring (bicyclic) bond motifs is 3. The molecule has 8 nitrogen and oxygen atoms in total. The third-order valence-corrected chi connectivity index (χ3v) is 7.24. The van der Waals surface area contributed by atoms with E-state index >= 15 is 0 Å². The standard InChI is InChI=1S/C26H21FN4O4S/c1-36(34,35)18-11-9-17(10-12-18)31-24-20(23(30-31)25(28)32)13-7-15-6-8-16(14-21(15)24)29-26(33)19-4-2-3-5-22(19)27/h2-6,8-12,14H,7,13H2,1H3,(H2,28,32)(H,29,33). The average Bonchev–Trinajstić information content (AvgIpc) is 3.24. The number of anilines is 1. The number of halogens is 1. The molecule has 0 saturated carbocycles. The smallest absolute Gasteiger partial charge is 0.269 e. The van der Waals surface area contributed by atoms with Crippen molar-refractivity contribution in [3.8, 4) is 16.9 Å². The molecular formula is C26H21FN4O4S. The van der Waals surface area contributed by atoms with Crippen LogP contribution in [0.25, 0.3) is 16.9 Å². The first kappa shape index (κ1) is 23.4. The monoisotopic (exact) mass is 504 g/mol. The second kappa shape index (κ2) is 8.72. The van der Waals surface area contributed by atoms with Gasteiger partial charge in [-0.2, -0.15) is 5.10 Å². The maximum Gasteiger partial charge on any atom is 0.269 e. The van der Waals surface area contributed by atoms with Gasteiger partial charge in [0.25, 0.3) is 11.8 Å². The van der Waals surface area contributed by atoms with Crippen LogP contribution in [0.3, 0.4) is 0 Å². The Hall–Kier alpha value is -4.31. The van der Waals surface area contributed by atoms with E-state index < -0.39 is 27.5 Å². The molecule has 182 valence electrons. The quantitative estimate of drug-likeness (QED) is 0.430. The molecule has 0 fully saturated rings. The summed E-state index contributed by atoms with van der Waals surface area (Å²) in [5.74, 6) is -1.89. The zero-order valence-corrected chi connectivity index (χ0v) is 20.0. The van der Waals surface area contributed by atoms with Gasteiger partial charge >= 0.3 is 0 Å². The molecule has 0 radical (unpaired) electrons. The summed E-state index contributed by atoms with van der Waals surface area (Å²) in [5, 5.41) is 7.18. The molecule has 0 atom stereocenters. The van der Waals surface area contributed by atoms with Gasteiger partial charge in [0.2, 0.25) is 0 Å². The minimum absolute atomic E-state index is 0.0806. The Balaban J connectivity index is 1.61. The summed E-state index contributed by atoms with van der Waals surface area (Å²) in [6.07, 6.45) is 2.28. The van der Waals surface area contributed by atoms with Crippen LogP contribution in [0, 0.1) is 5.82 Å². The summed E-state index contributed by atoms with van der Waals surface area (Å²) in [4.78, 5) is 25.0. The van der Waals surface area contributed by atoms with Crippen LogP contribution in [-0.4, -0.2) is 36.3 Å². The van der Waals surface area contributed by atoms with Gasteiger partial charge < -0.3 is 11.1 Å². The van der Waals surface area contributed by atoms with Gasteiger partial charge in [0.05, 0.1) is 21.8 Å². The van der Waals surface area contributed by atoms with Crippen LogP contribution >= 0.6 is 0 Å². The minimum Gasteiger partial charge on any atom is -0.364 e. The second-order valence-corrected chi connectivity index (χ2v) is 10.5. The number of rotatable bonds is 5. The van der Waals surface area contributed by atoms with Crippen LogP contribution < -0.4 is 11.1 Å². The number of sulfone groups is 1. The Morgan fingerprint density at radius 3 is 2.42 bits per heavy atom. The van der Waals surface area contributed by atoms with Gasteiger partial charge in [0.1, 0.15) is 5.82 Å². The van der Waals surface area contributed by atoms with Crippen molar-refractivity contribution in [2.75, 3.05) is 11.6 Å². The zero-order valence-electron chi connectivity index (χ0n) is 19.2. The Morgan fingerprint density at radius 2 is 1.75 bits per heavy atom. The molecule has 0 saturated heterocycles. The van der Waals surface area contributed by atoms with Crippen molar-refractivity contribution in [3.63, 3.8) is 0 Å². The number of nitrogens with zero attached hydrogens (tertiary/aromatic N) is 2. The molecule has 1 aliphatic rings. The molecule has 3 aromatic carbocycles. The van der Waals surface area contributed by atoms with Crippen LogP contribution in [0.4, 0.5) is 10.1 Å². The number of hydrogen-bond donors (Lipinski definition) is 2. The Bertz CT molecular complexity index is 1640. The summed E-state index contributed by atoms with van der Waals surface area (Å²) in [6, 6.07) is 17.2. The highest BCUT2D eigenvalue weighted by molar-refractivity contribution is 7.90. The fraction of sp³-hybridized carbons (Fsp3) is 0.115. The lowest BCUT2D eigenvalue weighted by molar-refractivity contribution is 0.0991. The third kappa shape index (κ3) is 4.16. The van der Waals surface area contributed by atoms with E-state index in [4.69, 9.17) is 5.73 Å². The lowest BCUT2D eigenvalue weighted by Gasteiger charge is -2.20. The molecule has 0 aliphatic heterocycles. The second-order valence-electron chi connectivity index (χ2n) is 8.52. The highest BCUT2D eigenvalue weighted by Crippen LogP contribution is 2.38. The van der Waals surface area contributed by atoms with Gasteiger partial charge in [-0.15, -0.1) is 0 Å². The third-order valence-electron chi connectivity index (χ3n) is 6.11. The van der Waals surface area contributed by atoms with Crippen molar-refractivity contribution in [2.45, 2.75) is 17.7 Å². The van der Waals surface area contributed by atoms with Gasteiger partial charge in [-0.05, 0) is 66.9 Å². The normalized spacial score (nSPS) is 12.5. The lowest BCUT2D eigenvalue weighted by atomic mass is 9.88. The van der Waals surface area contributed by atoms with E-state index in [0.29, 0.717) is 35.5 Å². The molecule has 5 rings (SSSR count). The number of carbonyl (C=O) groups is 2. The fourth-order valence-electron chi connectivity index (χ4n) is 4.38. The fourth-order valence-corrected chi connectivity index (χ4v) is 5.01. The number of hydrogen-bond acceptors (Lipinski definition) is 5. The summed E-state index contributed by atoms with van der Waals surface area (Å²) >= 11 is 0. The molecule has 4 aromatic rings. The summed E-state index contributed by atoms with van der Waals surface area (Å²) in [6.45, 7) is 0. The van der Waals surface area contributed by atoms with Crippen LogP contribution in [0.5, 0.6) is 0 Å². The first-order chi connectivity index (χ1) is 17.1. The molecule has 3 N–H and O–H groups in total. The molecule has 0 bridgehead atoms. The highest BCUT2D eigenvalue weighted by atomic mass is 32.2. The maximum atomic E-state index is 14.1. The Kier molecular flexibility index (Phi) is 5.68. The number of nitrogens with one attached hydrogen (secondary N) is 1. The Morgan fingerprint density at radius 1 is 1.03 bits per heavy atom. The number of amides is 2. The number of aromatic nitrogens is 2. The average molecular weight is 505 g/mol. The molecular weight excluding hydrogens is 483 g/mol. The lowest BCUT2D eigenvalue weighted by Crippen LogP contribution is -2.16. The molecule has 10 heteroatoms. The van der Waals surface area contributed by atoms with E-state index in [1.807, 2.05) is 6.07 Å². The van der Waals surface area contributed by atoms with Gasteiger partial charge in [-0.25, -0.2) is 17.5 Å². The first-order valence-corrected chi connectivity index (χ1v) is 12.9. The van der Waals surface area contributed by atoms with E-state index in [1.165, 1.54) is 30.3 Å². The van der Waals surface area contributed by atoms with Crippen LogP contribution in [0.15, 0.2) is 71.6 Å². The van der Waals surface area contributed by atoms with E-state index in [1.54, 1.807) is 35.0 Å². The zero-order chi connectivity index (χ0) is 25.6. The maximum absolute atomic E-state index is 14.1. The topological polar surface area (TPSA) is 124 Å². The summed E-state index contributed by atoms with van der Waals surface area (Å²) < 4.78 is 39.4. The molecule has 1 aliphatic carbocycles. The molecule has 36 heavy (non-hydrogen) atoms. The number of benzene rings is 3. The van der Waals surface area contributed by atoms with E-state index in [2.05, 4.69) is 10.4 Å². The largest absolute Gasteiger partial charge is 0.364 e. The van der Waals surface area contributed by atoms with E-state index in [9.17, 15) is 22.4 Å². The van der Waals surface area contributed by atoms with Gasteiger partial charge in [-0.3, -0.25) is 9.59 Å². The number of nitrogens with two attached hydrogens (primary N) is 1. The van der Waals surface area contributed by atoms with Crippen molar-refractivity contribution in [1.29, 1.82) is 0 Å². The minimum atomic E-state index is -3.39. The number of carbonyl (C=O) groups excluding carboxylic acids is 2. The van der Waals surface area contributed by atoms with Crippen LogP contribution in [-0.2, 0) is 22.7 Å². The molecule has 1 heterocycles. The van der Waals surface area contributed by atoms with Crippen molar-refractivity contribution >= 4 is 27.3 Å². The van der Waals surface area contributed by atoms with E-state index in [-0.39, 0.29) is 16.2 Å². The van der Waals surface area contributed by atoms with Gasteiger partial charge in [0, 0.05) is 23.1 Å². The van der Waals surface area contributed by atoms with Crippen molar-refractivity contribution in [3.05, 3.63) is 94.9 Å². The van der Waals surface area contributed by atoms with Gasteiger partial charge in [0.15, 0.2) is 15.5 Å². The first-order valence-electron chi connectivity index (χ1n) is 11.0.